The summed E-state index contributed by atoms with van der Waals surface area (Å²) in [5.74, 6) is -0.190. The van der Waals surface area contributed by atoms with Crippen LogP contribution in [-0.2, 0) is 43.5 Å². The normalized spacial score (nSPS) is 14.4. The van der Waals surface area contributed by atoms with E-state index in [4.69, 9.17) is 4.74 Å². The van der Waals surface area contributed by atoms with E-state index in [1.807, 2.05) is 0 Å². The summed E-state index contributed by atoms with van der Waals surface area (Å²) in [5.41, 5.74) is 1.75. The maximum absolute atomic E-state index is 14.0. The summed E-state index contributed by atoms with van der Waals surface area (Å²) in [4.78, 5) is 24.6. The van der Waals surface area contributed by atoms with Crippen molar-refractivity contribution in [3.63, 3.8) is 0 Å². The molecule has 0 spiro atoms. The fourth-order valence-corrected chi connectivity index (χ4v) is 6.83. The number of anilines is 1. The van der Waals surface area contributed by atoms with Gasteiger partial charge >= 0.3 is 12.1 Å². The number of ether oxygens (including phenoxy) is 2. The van der Waals surface area contributed by atoms with E-state index in [0.29, 0.717) is 41.2 Å². The Balaban J connectivity index is 1.29. The highest BCUT2D eigenvalue weighted by molar-refractivity contribution is 7.93. The van der Waals surface area contributed by atoms with Gasteiger partial charge in [-0.3, -0.25) is 13.9 Å². The second-order valence-electron chi connectivity index (χ2n) is 10.6. The molecule has 8 nitrogen and oxygen atoms in total. The minimum atomic E-state index is -4.51. The number of sulfonamides is 1. The van der Waals surface area contributed by atoms with Crippen LogP contribution in [0.5, 0.6) is 5.75 Å². The lowest BCUT2D eigenvalue weighted by atomic mass is 10.0. The lowest BCUT2D eigenvalue weighted by Gasteiger charge is -2.26. The number of nitrogens with one attached hydrogen (secondary N) is 1. The molecule has 4 aromatic carbocycles. The van der Waals surface area contributed by atoms with Gasteiger partial charge < -0.3 is 14.8 Å². The van der Waals surface area contributed by atoms with Crippen molar-refractivity contribution >= 4 is 27.6 Å². The highest BCUT2D eigenvalue weighted by Crippen LogP contribution is 2.38. The molecule has 1 N–H and O–H groups in total. The van der Waals surface area contributed by atoms with E-state index in [-0.39, 0.29) is 30.3 Å². The predicted molar refractivity (Wildman–Crippen MR) is 166 cm³/mol. The first-order valence-electron chi connectivity index (χ1n) is 14.4. The number of carbonyl (C=O) groups excluding carboxylic acids is 2. The molecule has 0 radical (unpaired) electrons. The summed E-state index contributed by atoms with van der Waals surface area (Å²) in [6.45, 7) is 0.486. The Kier molecular flexibility index (Phi) is 9.66. The van der Waals surface area contributed by atoms with Gasteiger partial charge in [-0.2, -0.15) is 13.2 Å². The van der Waals surface area contributed by atoms with Crippen molar-refractivity contribution in [2.24, 2.45) is 0 Å². The second-order valence-corrected chi connectivity index (χ2v) is 12.5. The molecule has 0 aliphatic carbocycles. The minimum Gasteiger partial charge on any atom is -0.494 e. The predicted octanol–water partition coefficient (Wildman–Crippen LogP) is 6.14. The van der Waals surface area contributed by atoms with Gasteiger partial charge in [0.2, 0.25) is 5.91 Å². The molecular formula is C34H31F3N2O6S. The Morgan fingerprint density at radius 1 is 0.913 bits per heavy atom. The first-order valence-corrected chi connectivity index (χ1v) is 15.9. The number of para-hydroxylation sites is 1. The van der Waals surface area contributed by atoms with Crippen LogP contribution in [0.4, 0.5) is 18.9 Å². The molecule has 0 saturated carbocycles. The molecule has 0 fully saturated rings. The topological polar surface area (TPSA) is 102 Å². The van der Waals surface area contributed by atoms with Crippen LogP contribution in [-0.4, -0.2) is 40.1 Å². The summed E-state index contributed by atoms with van der Waals surface area (Å²) >= 11 is 0. The third kappa shape index (κ3) is 7.34. The third-order valence-corrected chi connectivity index (χ3v) is 9.41. The van der Waals surface area contributed by atoms with Gasteiger partial charge in [0.05, 0.1) is 29.9 Å². The Morgan fingerprint density at radius 3 is 2.33 bits per heavy atom. The fraction of sp³-hybridized carbons (Fsp3) is 0.235. The maximum Gasteiger partial charge on any atom is 0.416 e. The zero-order chi connectivity index (χ0) is 32.9. The number of nitrogens with zero attached hydrogens (tertiary/aromatic N) is 1. The Labute approximate surface area is 264 Å². The number of hydrogen-bond donors (Lipinski definition) is 1. The highest BCUT2D eigenvalue weighted by atomic mass is 32.2. The smallest absolute Gasteiger partial charge is 0.416 e. The van der Waals surface area contributed by atoms with Gasteiger partial charge in [-0.25, -0.2) is 8.42 Å². The Morgan fingerprint density at radius 2 is 1.63 bits per heavy atom. The van der Waals surface area contributed by atoms with Gasteiger partial charge in [-0.15, -0.1) is 0 Å². The van der Waals surface area contributed by atoms with Crippen molar-refractivity contribution in [2.45, 2.75) is 42.9 Å². The molecule has 12 heteroatoms. The average molecular weight is 653 g/mol. The fourth-order valence-electron chi connectivity index (χ4n) is 5.18. The molecular weight excluding hydrogens is 621 g/mol. The largest absolute Gasteiger partial charge is 0.494 e. The van der Waals surface area contributed by atoms with E-state index in [1.54, 1.807) is 48.5 Å². The number of carbonyl (C=O) groups is 2. The maximum atomic E-state index is 14.0. The molecule has 4 aromatic rings. The van der Waals surface area contributed by atoms with Gasteiger partial charge in [0.15, 0.2) is 0 Å². The Bertz CT molecular complexity index is 1810. The molecule has 1 aliphatic rings. The first-order chi connectivity index (χ1) is 22.0. The summed E-state index contributed by atoms with van der Waals surface area (Å²) in [5, 5.41) is 2.84. The van der Waals surface area contributed by atoms with E-state index in [1.165, 1.54) is 43.5 Å². The number of methoxy groups -OCH3 is 1. The molecule has 240 valence electrons. The molecule has 1 amide bonds. The van der Waals surface area contributed by atoms with Crippen molar-refractivity contribution in [1.82, 2.24) is 5.32 Å². The zero-order valence-electron chi connectivity index (χ0n) is 24.8. The number of rotatable bonds is 11. The van der Waals surface area contributed by atoms with E-state index in [9.17, 15) is 31.2 Å². The number of benzene rings is 4. The summed E-state index contributed by atoms with van der Waals surface area (Å²) in [7, 11) is -2.91. The van der Waals surface area contributed by atoms with Crippen LogP contribution in [0.15, 0.2) is 102 Å². The monoisotopic (exact) mass is 652 g/mol. The molecule has 1 heterocycles. The van der Waals surface area contributed by atoms with Crippen LogP contribution in [0.25, 0.3) is 11.1 Å². The van der Waals surface area contributed by atoms with Crippen molar-refractivity contribution in [3.8, 4) is 16.9 Å². The van der Waals surface area contributed by atoms with Crippen molar-refractivity contribution in [3.05, 3.63) is 114 Å². The molecule has 46 heavy (non-hydrogen) atoms. The lowest BCUT2D eigenvalue weighted by molar-refractivity contribution is -0.141. The van der Waals surface area contributed by atoms with Crippen molar-refractivity contribution < 1.29 is 40.7 Å². The molecule has 0 bridgehead atoms. The van der Waals surface area contributed by atoms with Gasteiger partial charge in [-0.1, -0.05) is 54.6 Å². The van der Waals surface area contributed by atoms with E-state index in [0.717, 1.165) is 22.0 Å². The van der Waals surface area contributed by atoms with Gasteiger partial charge in [0, 0.05) is 19.4 Å². The summed E-state index contributed by atoms with van der Waals surface area (Å²) < 4.78 is 78.9. The van der Waals surface area contributed by atoms with E-state index >= 15 is 0 Å². The molecule has 1 atom stereocenters. The minimum absolute atomic E-state index is 0.0973. The Hall–Kier alpha value is -4.84. The number of esters is 1. The third-order valence-electron chi connectivity index (χ3n) is 7.57. The number of halogens is 3. The van der Waals surface area contributed by atoms with E-state index < -0.39 is 33.7 Å². The van der Waals surface area contributed by atoms with Crippen molar-refractivity contribution in [1.29, 1.82) is 0 Å². The van der Waals surface area contributed by atoms with Crippen LogP contribution >= 0.6 is 0 Å². The quantitative estimate of drug-likeness (QED) is 0.154. The van der Waals surface area contributed by atoms with E-state index in [2.05, 4.69) is 10.1 Å². The number of fused-ring (bicyclic) bond motifs is 1. The second kappa shape index (κ2) is 13.7. The van der Waals surface area contributed by atoms with Crippen LogP contribution in [0.1, 0.15) is 29.5 Å². The van der Waals surface area contributed by atoms with Gasteiger partial charge in [-0.05, 0) is 71.1 Å². The van der Waals surface area contributed by atoms with Crippen LogP contribution in [0.2, 0.25) is 0 Å². The number of alkyl halides is 3. The number of hydrogen-bond acceptors (Lipinski definition) is 6. The SMILES string of the molecule is COC(=O)CCCOc1ccc(CNC(=O)[C@@H]2Cc3ccccc3N2S(=O)(=O)c2ccc(-c3cccc(C(F)(F)F)c3)cc2)cc1. The van der Waals surface area contributed by atoms with Crippen LogP contribution < -0.4 is 14.4 Å². The number of amides is 1. The molecule has 5 rings (SSSR count). The van der Waals surface area contributed by atoms with Gasteiger partial charge in [0.25, 0.3) is 10.0 Å². The van der Waals surface area contributed by atoms with Gasteiger partial charge in [0.1, 0.15) is 11.8 Å². The first kappa shape index (κ1) is 32.6. The van der Waals surface area contributed by atoms with Crippen molar-refractivity contribution in [2.75, 3.05) is 18.0 Å². The molecule has 0 aromatic heterocycles. The van der Waals surface area contributed by atoms with Crippen LogP contribution in [0.3, 0.4) is 0 Å². The molecule has 0 saturated heterocycles. The zero-order valence-corrected chi connectivity index (χ0v) is 25.6. The standard InChI is InChI=1S/C34H31F3N2O6S/c1-44-32(40)10-5-19-45-28-15-11-23(12-16-28)22-38-33(41)31-21-26-6-2-3-9-30(26)39(31)46(42,43)29-17-13-24(14-18-29)25-7-4-8-27(20-25)34(35,36)37/h2-4,6-9,11-18,20,31H,5,10,19,21-22H2,1H3,(H,38,41)/t31-/m0/s1. The lowest BCUT2D eigenvalue weighted by Crippen LogP contribution is -2.47. The highest BCUT2D eigenvalue weighted by Gasteiger charge is 2.42. The summed E-state index contributed by atoms with van der Waals surface area (Å²) in [6, 6.07) is 23.2. The molecule has 1 aliphatic heterocycles. The molecule has 0 unspecified atom stereocenters. The van der Waals surface area contributed by atoms with Crippen LogP contribution in [0, 0.1) is 0 Å². The summed E-state index contributed by atoms with van der Waals surface area (Å²) in [6.07, 6.45) is -3.58. The average Bonchev–Trinajstić information content (AvgIpc) is 3.46.